The van der Waals surface area contributed by atoms with E-state index in [-0.39, 0.29) is 0 Å². The van der Waals surface area contributed by atoms with Crippen LogP contribution in [-0.2, 0) is 11.3 Å². The van der Waals surface area contributed by atoms with E-state index in [9.17, 15) is 0 Å². The monoisotopic (exact) mass is 277 g/mol. The molecule has 0 unspecified atom stereocenters. The molecule has 2 N–H and O–H groups in total. The smallest absolute Gasteiger partial charge is 0.152 e. The second kappa shape index (κ2) is 7.26. The number of nitrogens with one attached hydrogen (secondary N) is 2. The number of nitrogens with zero attached hydrogens (tertiary/aromatic N) is 1. The largest absolute Gasteiger partial charge is 0.460 e. The van der Waals surface area contributed by atoms with Crippen LogP contribution in [0.2, 0.25) is 0 Å². The molecule has 0 amide bonds. The molecule has 0 saturated carbocycles. The highest BCUT2D eigenvalue weighted by atomic mass is 16.5. The first-order valence-corrected chi connectivity index (χ1v) is 7.08. The van der Waals surface area contributed by atoms with Crippen molar-refractivity contribution in [3.05, 3.63) is 29.7 Å². The summed E-state index contributed by atoms with van der Waals surface area (Å²) in [7, 11) is 0. The molecule has 5 heteroatoms. The van der Waals surface area contributed by atoms with Crippen molar-refractivity contribution in [2.45, 2.75) is 39.8 Å². The summed E-state index contributed by atoms with van der Waals surface area (Å²) in [5.41, 5.74) is 2.06. The first-order valence-electron chi connectivity index (χ1n) is 7.08. The molecule has 0 aromatic carbocycles. The fraction of sp³-hybridized carbons (Fsp3) is 0.533. The predicted octanol–water partition coefficient (Wildman–Crippen LogP) is 2.88. The fourth-order valence-corrected chi connectivity index (χ4v) is 1.97. The van der Waals surface area contributed by atoms with Gasteiger partial charge in [0.15, 0.2) is 5.76 Å². The lowest BCUT2D eigenvalue weighted by molar-refractivity contribution is 0.0770. The molecule has 2 heterocycles. The lowest BCUT2D eigenvalue weighted by Crippen LogP contribution is -2.17. The van der Waals surface area contributed by atoms with E-state index < -0.39 is 0 Å². The molecule has 0 aliphatic heterocycles. The number of aromatic nitrogens is 2. The van der Waals surface area contributed by atoms with Gasteiger partial charge in [-0.05, 0) is 45.9 Å². The molecule has 110 valence electrons. The van der Waals surface area contributed by atoms with Crippen molar-refractivity contribution >= 4 is 0 Å². The van der Waals surface area contributed by atoms with Crippen LogP contribution in [0.1, 0.15) is 31.6 Å². The zero-order chi connectivity index (χ0) is 14.4. The van der Waals surface area contributed by atoms with Crippen LogP contribution in [0.4, 0.5) is 0 Å². The van der Waals surface area contributed by atoms with Crippen LogP contribution in [0.15, 0.2) is 22.7 Å². The minimum absolute atomic E-state index is 0.303. The van der Waals surface area contributed by atoms with E-state index in [1.54, 1.807) is 0 Å². The van der Waals surface area contributed by atoms with Crippen LogP contribution in [0.5, 0.6) is 0 Å². The van der Waals surface area contributed by atoms with Crippen molar-refractivity contribution in [1.82, 2.24) is 15.5 Å². The molecule has 2 aromatic heterocycles. The number of aryl methyl sites for hydroxylation is 1. The average molecular weight is 277 g/mol. The predicted molar refractivity (Wildman–Crippen MR) is 78.4 cm³/mol. The summed E-state index contributed by atoms with van der Waals surface area (Å²) >= 11 is 0. The number of hydrogen-bond acceptors (Lipinski definition) is 4. The van der Waals surface area contributed by atoms with Crippen LogP contribution in [0.25, 0.3) is 11.5 Å². The number of H-pyrrole nitrogens is 1. The number of aromatic amines is 1. The third-order valence-corrected chi connectivity index (χ3v) is 2.97. The summed E-state index contributed by atoms with van der Waals surface area (Å²) < 4.78 is 11.1. The quantitative estimate of drug-likeness (QED) is 0.728. The van der Waals surface area contributed by atoms with Crippen LogP contribution < -0.4 is 5.32 Å². The van der Waals surface area contributed by atoms with Crippen LogP contribution in [-0.4, -0.2) is 29.5 Å². The first kappa shape index (κ1) is 14.8. The number of rotatable bonds is 8. The second-order valence-electron chi connectivity index (χ2n) is 5.13. The number of furan rings is 1. The highest BCUT2D eigenvalue weighted by Gasteiger charge is 2.10. The Morgan fingerprint density at radius 1 is 1.40 bits per heavy atom. The van der Waals surface area contributed by atoms with E-state index in [0.29, 0.717) is 6.10 Å². The van der Waals surface area contributed by atoms with Crippen molar-refractivity contribution in [2.75, 3.05) is 13.2 Å². The maximum atomic E-state index is 5.62. The molecule has 20 heavy (non-hydrogen) atoms. The van der Waals surface area contributed by atoms with E-state index in [0.717, 1.165) is 48.9 Å². The third-order valence-electron chi connectivity index (χ3n) is 2.97. The molecule has 2 aromatic rings. The molecular formula is C15H23N3O2. The Labute approximate surface area is 119 Å². The standard InChI is InChI=1S/C15H23N3O2/c1-11(2)19-8-4-7-16-9-13-10-17-18-15(13)14-6-5-12(3)20-14/h5-6,10-11,16H,4,7-9H2,1-3H3,(H,17,18). The Morgan fingerprint density at radius 2 is 2.25 bits per heavy atom. The van der Waals surface area contributed by atoms with Gasteiger partial charge in [-0.1, -0.05) is 0 Å². The molecule has 5 nitrogen and oxygen atoms in total. The molecule has 0 atom stereocenters. The second-order valence-corrected chi connectivity index (χ2v) is 5.13. The lowest BCUT2D eigenvalue weighted by atomic mass is 10.2. The molecule has 0 saturated heterocycles. The van der Waals surface area contributed by atoms with Gasteiger partial charge in [0.25, 0.3) is 0 Å². The third kappa shape index (κ3) is 4.21. The van der Waals surface area contributed by atoms with E-state index >= 15 is 0 Å². The van der Waals surface area contributed by atoms with Gasteiger partial charge in [0.05, 0.1) is 12.3 Å². The van der Waals surface area contributed by atoms with Crippen molar-refractivity contribution in [3.8, 4) is 11.5 Å². The lowest BCUT2D eigenvalue weighted by Gasteiger charge is -2.08. The first-order chi connectivity index (χ1) is 9.66. The van der Waals surface area contributed by atoms with E-state index in [2.05, 4.69) is 29.4 Å². The Hall–Kier alpha value is -1.59. The van der Waals surface area contributed by atoms with Gasteiger partial charge >= 0.3 is 0 Å². The van der Waals surface area contributed by atoms with Crippen molar-refractivity contribution < 1.29 is 9.15 Å². The van der Waals surface area contributed by atoms with Crippen LogP contribution >= 0.6 is 0 Å². The Balaban J connectivity index is 1.78. The molecule has 0 spiro atoms. The van der Waals surface area contributed by atoms with Gasteiger partial charge in [-0.3, -0.25) is 5.10 Å². The Kier molecular flexibility index (Phi) is 5.38. The van der Waals surface area contributed by atoms with Crippen molar-refractivity contribution in [1.29, 1.82) is 0 Å². The number of ether oxygens (including phenoxy) is 1. The van der Waals surface area contributed by atoms with Crippen LogP contribution in [0, 0.1) is 6.92 Å². The fourth-order valence-electron chi connectivity index (χ4n) is 1.97. The molecule has 0 aliphatic rings. The minimum Gasteiger partial charge on any atom is -0.460 e. The topological polar surface area (TPSA) is 63.1 Å². The molecule has 0 fully saturated rings. The Morgan fingerprint density at radius 3 is 2.95 bits per heavy atom. The zero-order valence-electron chi connectivity index (χ0n) is 12.4. The molecule has 2 rings (SSSR count). The van der Waals surface area contributed by atoms with Crippen LogP contribution in [0.3, 0.4) is 0 Å². The Bertz CT molecular complexity index is 517. The number of hydrogen-bond donors (Lipinski definition) is 2. The SMILES string of the molecule is Cc1ccc(-c2[nH]ncc2CNCCCOC(C)C)o1. The summed E-state index contributed by atoms with van der Waals surface area (Å²) in [6.07, 6.45) is 3.15. The average Bonchev–Trinajstić information content (AvgIpc) is 3.01. The highest BCUT2D eigenvalue weighted by Crippen LogP contribution is 2.23. The summed E-state index contributed by atoms with van der Waals surface area (Å²) in [5.74, 6) is 1.74. The highest BCUT2D eigenvalue weighted by molar-refractivity contribution is 5.56. The van der Waals surface area contributed by atoms with E-state index in [4.69, 9.17) is 9.15 Å². The minimum atomic E-state index is 0.303. The van der Waals surface area contributed by atoms with Crippen molar-refractivity contribution in [3.63, 3.8) is 0 Å². The molecular weight excluding hydrogens is 254 g/mol. The van der Waals surface area contributed by atoms with Gasteiger partial charge < -0.3 is 14.5 Å². The van der Waals surface area contributed by atoms with E-state index in [1.165, 1.54) is 0 Å². The van der Waals surface area contributed by atoms with Crippen molar-refractivity contribution in [2.24, 2.45) is 0 Å². The molecule has 0 radical (unpaired) electrons. The van der Waals surface area contributed by atoms with Gasteiger partial charge in [0.2, 0.25) is 0 Å². The van der Waals surface area contributed by atoms with Gasteiger partial charge in [-0.2, -0.15) is 5.10 Å². The maximum absolute atomic E-state index is 5.62. The molecule has 0 aliphatic carbocycles. The van der Waals surface area contributed by atoms with Gasteiger partial charge in [-0.25, -0.2) is 0 Å². The van der Waals surface area contributed by atoms with Gasteiger partial charge in [0, 0.05) is 18.7 Å². The maximum Gasteiger partial charge on any atom is 0.152 e. The van der Waals surface area contributed by atoms with E-state index in [1.807, 2.05) is 25.3 Å². The summed E-state index contributed by atoms with van der Waals surface area (Å²) in [5, 5.41) is 10.5. The van der Waals surface area contributed by atoms with Gasteiger partial charge in [-0.15, -0.1) is 0 Å². The zero-order valence-corrected chi connectivity index (χ0v) is 12.4. The summed E-state index contributed by atoms with van der Waals surface area (Å²) in [4.78, 5) is 0. The summed E-state index contributed by atoms with van der Waals surface area (Å²) in [6, 6.07) is 3.92. The van der Waals surface area contributed by atoms with Gasteiger partial charge in [0.1, 0.15) is 11.5 Å². The normalized spacial score (nSPS) is 11.4. The molecule has 0 bridgehead atoms. The summed E-state index contributed by atoms with van der Waals surface area (Å²) in [6.45, 7) is 8.53.